The molecule has 2 aromatic carbocycles. The van der Waals surface area contributed by atoms with Crippen LogP contribution in [0.5, 0.6) is 0 Å². The van der Waals surface area contributed by atoms with Crippen molar-refractivity contribution in [3.05, 3.63) is 82.2 Å². The molecule has 0 unspecified atom stereocenters. The maximum absolute atomic E-state index is 14.9. The average Bonchev–Trinajstić information content (AvgIpc) is 3.34. The summed E-state index contributed by atoms with van der Waals surface area (Å²) in [4.78, 5) is 16.6. The van der Waals surface area contributed by atoms with Crippen LogP contribution in [0.4, 0.5) is 4.39 Å². The fourth-order valence-corrected chi connectivity index (χ4v) is 7.19. The number of rotatable bonds is 9. The van der Waals surface area contributed by atoms with E-state index >= 15 is 0 Å². The molecule has 4 aromatic rings. The molecule has 0 atom stereocenters. The molecule has 2 aromatic heterocycles. The standard InChI is InChI=1S/C34H34FN3O4S2/c1-2-42-34(39)29-21-43-33(37-29)27-19-30(26-9-5-8-23(16-26)11-10-22-6-3-4-7-22)38(31(27)18-24-12-13-24)20-25-14-15-32(28(35)17-25)44(36,40)41/h5,8-9,14-17,19,21-22,24H,2-4,6-7,12-13,18,20H2,1H3,(H2,36,40,41). The first kappa shape index (κ1) is 30.3. The molecule has 2 heterocycles. The molecule has 0 aliphatic heterocycles. The molecule has 10 heteroatoms. The smallest absolute Gasteiger partial charge is 0.357 e. The van der Waals surface area contributed by atoms with Crippen LogP contribution in [0, 0.1) is 29.5 Å². The van der Waals surface area contributed by atoms with Gasteiger partial charge in [0, 0.05) is 40.4 Å². The summed E-state index contributed by atoms with van der Waals surface area (Å²) in [6, 6.07) is 14.3. The normalized spacial score (nSPS) is 15.2. The van der Waals surface area contributed by atoms with Gasteiger partial charge in [-0.15, -0.1) is 11.3 Å². The highest BCUT2D eigenvalue weighted by molar-refractivity contribution is 7.89. The molecule has 7 nitrogen and oxygen atoms in total. The van der Waals surface area contributed by atoms with Crippen LogP contribution in [0.25, 0.3) is 21.8 Å². The Morgan fingerprint density at radius 3 is 2.64 bits per heavy atom. The van der Waals surface area contributed by atoms with Crippen molar-refractivity contribution in [3.8, 4) is 33.7 Å². The summed E-state index contributed by atoms with van der Waals surface area (Å²) < 4.78 is 46.0. The third-order valence-corrected chi connectivity index (χ3v) is 10.0. The Morgan fingerprint density at radius 2 is 1.93 bits per heavy atom. The van der Waals surface area contributed by atoms with Crippen LogP contribution in [-0.2, 0) is 27.7 Å². The maximum Gasteiger partial charge on any atom is 0.357 e. The van der Waals surface area contributed by atoms with Crippen LogP contribution in [0.15, 0.2) is 58.8 Å². The minimum Gasteiger partial charge on any atom is -0.461 e. The molecule has 2 saturated carbocycles. The largest absolute Gasteiger partial charge is 0.461 e. The number of nitrogens with zero attached hydrogens (tertiary/aromatic N) is 2. The fraction of sp³-hybridized carbons (Fsp3) is 0.353. The Bertz CT molecular complexity index is 1870. The first-order chi connectivity index (χ1) is 21.2. The number of benzene rings is 2. The van der Waals surface area contributed by atoms with Gasteiger partial charge in [0.1, 0.15) is 15.7 Å². The predicted molar refractivity (Wildman–Crippen MR) is 169 cm³/mol. The van der Waals surface area contributed by atoms with Crippen LogP contribution < -0.4 is 5.14 Å². The third kappa shape index (κ3) is 6.80. The van der Waals surface area contributed by atoms with E-state index in [0.717, 1.165) is 60.2 Å². The monoisotopic (exact) mass is 631 g/mol. The van der Waals surface area contributed by atoms with E-state index in [-0.39, 0.29) is 12.3 Å². The lowest BCUT2D eigenvalue weighted by Crippen LogP contribution is -2.14. The molecule has 0 saturated heterocycles. The Kier molecular flexibility index (Phi) is 8.72. The van der Waals surface area contributed by atoms with Crippen molar-refractivity contribution in [1.82, 2.24) is 9.55 Å². The number of carbonyl (C=O) groups excluding carboxylic acids is 1. The summed E-state index contributed by atoms with van der Waals surface area (Å²) >= 11 is 1.39. The molecule has 0 bridgehead atoms. The van der Waals surface area contributed by atoms with Crippen molar-refractivity contribution in [1.29, 1.82) is 0 Å². The van der Waals surface area contributed by atoms with E-state index in [1.165, 1.54) is 36.3 Å². The van der Waals surface area contributed by atoms with Crippen molar-refractivity contribution in [2.45, 2.75) is 63.3 Å². The lowest BCUT2D eigenvalue weighted by atomic mass is 10.1. The number of nitrogens with two attached hydrogens (primary N) is 1. The van der Waals surface area contributed by atoms with Crippen molar-refractivity contribution < 1.29 is 22.3 Å². The van der Waals surface area contributed by atoms with E-state index < -0.39 is 26.7 Å². The molecule has 44 heavy (non-hydrogen) atoms. The summed E-state index contributed by atoms with van der Waals surface area (Å²) in [5, 5.41) is 7.63. The molecule has 6 rings (SSSR count). The number of hydrogen-bond acceptors (Lipinski definition) is 6. The summed E-state index contributed by atoms with van der Waals surface area (Å²) in [5.74, 6) is 6.43. The molecular formula is C34H34FN3O4S2. The number of ether oxygens (including phenoxy) is 1. The number of halogens is 1. The van der Waals surface area contributed by atoms with Gasteiger partial charge in [-0.2, -0.15) is 0 Å². The molecule has 0 spiro atoms. The summed E-state index contributed by atoms with van der Waals surface area (Å²) in [7, 11) is -4.19. The lowest BCUT2D eigenvalue weighted by molar-refractivity contribution is 0.0520. The average molecular weight is 632 g/mol. The van der Waals surface area contributed by atoms with Crippen LogP contribution in [0.3, 0.4) is 0 Å². The van der Waals surface area contributed by atoms with Gasteiger partial charge in [0.05, 0.1) is 6.61 Å². The van der Waals surface area contributed by atoms with Crippen LogP contribution in [-0.4, -0.2) is 30.5 Å². The maximum atomic E-state index is 14.9. The molecule has 2 fully saturated rings. The zero-order chi connectivity index (χ0) is 30.8. The third-order valence-electron chi connectivity index (χ3n) is 8.18. The second kappa shape index (κ2) is 12.7. The van der Waals surface area contributed by atoms with Crippen molar-refractivity contribution in [2.24, 2.45) is 17.0 Å². The highest BCUT2D eigenvalue weighted by Crippen LogP contribution is 2.41. The van der Waals surface area contributed by atoms with Gasteiger partial charge in [-0.05, 0) is 86.4 Å². The number of thiazole rings is 1. The van der Waals surface area contributed by atoms with E-state index in [1.54, 1.807) is 18.4 Å². The first-order valence-corrected chi connectivity index (χ1v) is 17.4. The summed E-state index contributed by atoms with van der Waals surface area (Å²) in [6.45, 7) is 2.32. The predicted octanol–water partition coefficient (Wildman–Crippen LogP) is 6.78. The van der Waals surface area contributed by atoms with Crippen LogP contribution >= 0.6 is 11.3 Å². The lowest BCUT2D eigenvalue weighted by Gasteiger charge is -2.16. The minimum absolute atomic E-state index is 0.264. The van der Waals surface area contributed by atoms with Gasteiger partial charge in [0.15, 0.2) is 5.69 Å². The van der Waals surface area contributed by atoms with Crippen molar-refractivity contribution in [3.63, 3.8) is 0 Å². The first-order valence-electron chi connectivity index (χ1n) is 15.0. The Balaban J connectivity index is 1.47. The van der Waals surface area contributed by atoms with E-state index in [0.29, 0.717) is 29.0 Å². The number of hydrogen-bond donors (Lipinski definition) is 1. The number of esters is 1. The molecular weight excluding hydrogens is 598 g/mol. The second-order valence-corrected chi connectivity index (χ2v) is 13.9. The molecule has 2 aliphatic carbocycles. The molecule has 2 aliphatic rings. The second-order valence-electron chi connectivity index (χ2n) is 11.5. The van der Waals surface area contributed by atoms with Gasteiger partial charge in [-0.3, -0.25) is 0 Å². The molecule has 0 radical (unpaired) electrons. The van der Waals surface area contributed by atoms with Crippen molar-refractivity contribution in [2.75, 3.05) is 6.61 Å². The Hall–Kier alpha value is -3.78. The number of carbonyl (C=O) groups is 1. The van der Waals surface area contributed by atoms with Crippen LogP contribution in [0.2, 0.25) is 0 Å². The Labute approximate surface area is 261 Å². The number of primary sulfonamides is 1. The van der Waals surface area contributed by atoms with Crippen LogP contribution in [0.1, 0.15) is 72.8 Å². The van der Waals surface area contributed by atoms with E-state index in [2.05, 4.69) is 33.5 Å². The topological polar surface area (TPSA) is 104 Å². The molecule has 2 N–H and O–H groups in total. The SMILES string of the molecule is CCOC(=O)c1csc(-c2cc(-c3cccc(C#CC4CCCC4)c3)n(Cc3ccc(S(N)(=O)=O)c(F)c3)c2CC2CC2)n1. The van der Waals surface area contributed by atoms with Gasteiger partial charge in [0.2, 0.25) is 10.0 Å². The van der Waals surface area contributed by atoms with E-state index in [9.17, 15) is 17.6 Å². The van der Waals surface area contributed by atoms with E-state index in [4.69, 9.17) is 9.88 Å². The number of aromatic nitrogens is 2. The van der Waals surface area contributed by atoms with Crippen molar-refractivity contribution >= 4 is 27.3 Å². The van der Waals surface area contributed by atoms with Gasteiger partial charge in [0.25, 0.3) is 0 Å². The van der Waals surface area contributed by atoms with Gasteiger partial charge >= 0.3 is 5.97 Å². The van der Waals surface area contributed by atoms with Gasteiger partial charge < -0.3 is 9.30 Å². The fourth-order valence-electron chi connectivity index (χ4n) is 5.77. The van der Waals surface area contributed by atoms with Gasteiger partial charge in [-0.1, -0.05) is 42.9 Å². The highest BCUT2D eigenvalue weighted by Gasteiger charge is 2.28. The summed E-state index contributed by atoms with van der Waals surface area (Å²) in [6.07, 6.45) is 7.78. The van der Waals surface area contributed by atoms with Gasteiger partial charge in [-0.25, -0.2) is 27.7 Å². The van der Waals surface area contributed by atoms with E-state index in [1.807, 2.05) is 18.2 Å². The zero-order valence-corrected chi connectivity index (χ0v) is 26.1. The Morgan fingerprint density at radius 1 is 1.14 bits per heavy atom. The quantitative estimate of drug-likeness (QED) is 0.162. The minimum atomic E-state index is -4.19. The molecule has 0 amide bonds. The molecule has 228 valence electrons. The summed E-state index contributed by atoms with van der Waals surface area (Å²) in [5.41, 5.74) is 5.60. The zero-order valence-electron chi connectivity index (χ0n) is 24.5. The highest BCUT2D eigenvalue weighted by atomic mass is 32.2. The number of sulfonamides is 1.